The molecular formula is C9H18ClF3N2O. The molecule has 16 heavy (non-hydrogen) atoms. The van der Waals surface area contributed by atoms with Gasteiger partial charge in [-0.1, -0.05) is 0 Å². The van der Waals surface area contributed by atoms with Crippen molar-refractivity contribution in [3.8, 4) is 0 Å². The normalized spacial score (nSPS) is 26.2. The molecule has 1 heterocycles. The van der Waals surface area contributed by atoms with E-state index in [0.29, 0.717) is 25.9 Å². The molecule has 0 amide bonds. The average Bonchev–Trinajstić information content (AvgIpc) is 2.48. The van der Waals surface area contributed by atoms with Crippen molar-refractivity contribution in [3.05, 3.63) is 0 Å². The molecule has 1 rings (SSSR count). The first kappa shape index (κ1) is 16.0. The van der Waals surface area contributed by atoms with Gasteiger partial charge in [0.15, 0.2) is 6.10 Å². The minimum Gasteiger partial charge on any atom is -0.382 e. The van der Waals surface area contributed by atoms with Gasteiger partial charge in [0, 0.05) is 18.6 Å². The summed E-state index contributed by atoms with van der Waals surface area (Å²) in [6.45, 7) is 2.73. The molecule has 1 aliphatic rings. The monoisotopic (exact) mass is 262 g/mol. The molecule has 0 spiro atoms. The molecule has 1 fully saturated rings. The van der Waals surface area contributed by atoms with Crippen LogP contribution in [0.15, 0.2) is 0 Å². The first-order chi connectivity index (χ1) is 6.82. The zero-order valence-electron chi connectivity index (χ0n) is 9.07. The van der Waals surface area contributed by atoms with Crippen LogP contribution in [0.1, 0.15) is 19.8 Å². The van der Waals surface area contributed by atoms with Crippen LogP contribution >= 0.6 is 12.4 Å². The molecule has 0 saturated carbocycles. The van der Waals surface area contributed by atoms with Gasteiger partial charge in [0.05, 0.1) is 0 Å². The molecular weight excluding hydrogens is 245 g/mol. The van der Waals surface area contributed by atoms with Gasteiger partial charge in [0.25, 0.3) is 0 Å². The minimum absolute atomic E-state index is 0. The van der Waals surface area contributed by atoms with Gasteiger partial charge in [-0.25, -0.2) is 0 Å². The largest absolute Gasteiger partial charge is 0.415 e. The lowest BCUT2D eigenvalue weighted by Gasteiger charge is -2.30. The summed E-state index contributed by atoms with van der Waals surface area (Å²) < 4.78 is 36.9. The standard InChI is InChI=1S/C9H17F3N2O.ClH/c1-6(13)5-14-4-2-3-7(14)8(15)9(10,11)12;/h6-8,15H,2-5,13H2,1H3;1H. The van der Waals surface area contributed by atoms with E-state index in [4.69, 9.17) is 10.8 Å². The SMILES string of the molecule is CC(N)CN1CCCC1C(O)C(F)(F)F.Cl. The Bertz CT molecular complexity index is 213. The molecule has 1 saturated heterocycles. The predicted molar refractivity (Wildman–Crippen MR) is 57.6 cm³/mol. The molecule has 0 radical (unpaired) electrons. The molecule has 0 bridgehead atoms. The van der Waals surface area contributed by atoms with Gasteiger partial charge in [-0.15, -0.1) is 12.4 Å². The molecule has 3 unspecified atom stereocenters. The maximum absolute atomic E-state index is 12.3. The van der Waals surface area contributed by atoms with Crippen molar-refractivity contribution in [1.29, 1.82) is 0 Å². The number of aliphatic hydroxyl groups excluding tert-OH is 1. The Morgan fingerprint density at radius 3 is 2.50 bits per heavy atom. The van der Waals surface area contributed by atoms with E-state index in [1.807, 2.05) is 0 Å². The van der Waals surface area contributed by atoms with E-state index in [1.165, 1.54) is 0 Å². The Balaban J connectivity index is 0.00000225. The molecule has 3 N–H and O–H groups in total. The van der Waals surface area contributed by atoms with Crippen LogP contribution in [0.25, 0.3) is 0 Å². The van der Waals surface area contributed by atoms with Crippen LogP contribution < -0.4 is 5.73 Å². The number of halogens is 4. The molecule has 0 aromatic heterocycles. The van der Waals surface area contributed by atoms with Crippen LogP contribution in [0.4, 0.5) is 13.2 Å². The van der Waals surface area contributed by atoms with Gasteiger partial charge >= 0.3 is 6.18 Å². The summed E-state index contributed by atoms with van der Waals surface area (Å²) in [5.41, 5.74) is 5.54. The minimum atomic E-state index is -4.54. The number of hydrogen-bond donors (Lipinski definition) is 2. The van der Waals surface area contributed by atoms with Crippen LogP contribution in [0, 0.1) is 0 Å². The quantitative estimate of drug-likeness (QED) is 0.802. The zero-order chi connectivity index (χ0) is 11.6. The van der Waals surface area contributed by atoms with Crippen LogP contribution in [-0.2, 0) is 0 Å². The zero-order valence-corrected chi connectivity index (χ0v) is 9.89. The number of likely N-dealkylation sites (tertiary alicyclic amines) is 1. The highest BCUT2D eigenvalue weighted by molar-refractivity contribution is 5.85. The fourth-order valence-corrected chi connectivity index (χ4v) is 2.02. The van der Waals surface area contributed by atoms with Crippen molar-refractivity contribution in [2.75, 3.05) is 13.1 Å². The third-order valence-corrected chi connectivity index (χ3v) is 2.64. The predicted octanol–water partition coefficient (Wildman–Crippen LogP) is 1.14. The summed E-state index contributed by atoms with van der Waals surface area (Å²) in [6.07, 6.45) is -5.72. The van der Waals surface area contributed by atoms with Crippen LogP contribution in [0.5, 0.6) is 0 Å². The molecule has 1 aliphatic heterocycles. The smallest absolute Gasteiger partial charge is 0.382 e. The van der Waals surface area contributed by atoms with E-state index >= 15 is 0 Å². The first-order valence-electron chi connectivity index (χ1n) is 5.06. The van der Waals surface area contributed by atoms with Crippen LogP contribution in [-0.4, -0.2) is 47.5 Å². The van der Waals surface area contributed by atoms with Gasteiger partial charge in [-0.05, 0) is 26.3 Å². The second-order valence-electron chi connectivity index (χ2n) is 4.17. The summed E-state index contributed by atoms with van der Waals surface area (Å²) in [5.74, 6) is 0. The molecule has 98 valence electrons. The fourth-order valence-electron chi connectivity index (χ4n) is 2.02. The first-order valence-corrected chi connectivity index (χ1v) is 5.06. The summed E-state index contributed by atoms with van der Waals surface area (Å²) in [5, 5.41) is 9.16. The van der Waals surface area contributed by atoms with Crippen LogP contribution in [0.3, 0.4) is 0 Å². The van der Waals surface area contributed by atoms with E-state index in [0.717, 1.165) is 0 Å². The topological polar surface area (TPSA) is 49.5 Å². The van der Waals surface area contributed by atoms with E-state index in [-0.39, 0.29) is 18.4 Å². The van der Waals surface area contributed by atoms with Gasteiger partial charge in [-0.3, -0.25) is 4.90 Å². The lowest BCUT2D eigenvalue weighted by molar-refractivity contribution is -0.219. The number of aliphatic hydroxyl groups is 1. The fraction of sp³-hybridized carbons (Fsp3) is 1.00. The summed E-state index contributed by atoms with van der Waals surface area (Å²) in [7, 11) is 0. The second-order valence-corrected chi connectivity index (χ2v) is 4.17. The average molecular weight is 263 g/mol. The highest BCUT2D eigenvalue weighted by atomic mass is 35.5. The number of hydrogen-bond acceptors (Lipinski definition) is 3. The molecule has 0 aliphatic carbocycles. The molecule has 0 aromatic rings. The molecule has 3 nitrogen and oxygen atoms in total. The van der Waals surface area contributed by atoms with Gasteiger partial charge < -0.3 is 10.8 Å². The van der Waals surface area contributed by atoms with E-state index < -0.39 is 18.3 Å². The maximum Gasteiger partial charge on any atom is 0.415 e. The van der Waals surface area contributed by atoms with Crippen molar-refractivity contribution in [1.82, 2.24) is 4.90 Å². The number of nitrogens with two attached hydrogens (primary N) is 1. The van der Waals surface area contributed by atoms with Crippen LogP contribution in [0.2, 0.25) is 0 Å². The number of alkyl halides is 3. The summed E-state index contributed by atoms with van der Waals surface area (Å²) >= 11 is 0. The Labute approximate surface area is 99.2 Å². The Morgan fingerprint density at radius 1 is 1.50 bits per heavy atom. The lowest BCUT2D eigenvalue weighted by atomic mass is 10.1. The van der Waals surface area contributed by atoms with Crippen molar-refractivity contribution in [3.63, 3.8) is 0 Å². The molecule has 3 atom stereocenters. The van der Waals surface area contributed by atoms with Crippen molar-refractivity contribution < 1.29 is 18.3 Å². The number of nitrogens with zero attached hydrogens (tertiary/aromatic N) is 1. The molecule has 7 heteroatoms. The van der Waals surface area contributed by atoms with E-state index in [1.54, 1.807) is 11.8 Å². The third-order valence-electron chi connectivity index (χ3n) is 2.64. The van der Waals surface area contributed by atoms with Crippen molar-refractivity contribution in [2.45, 2.75) is 44.1 Å². The number of rotatable bonds is 3. The Kier molecular flexibility index (Phi) is 6.03. The van der Waals surface area contributed by atoms with Gasteiger partial charge in [0.1, 0.15) is 0 Å². The Hall–Kier alpha value is -0.0400. The second kappa shape index (κ2) is 6.05. The van der Waals surface area contributed by atoms with Crippen molar-refractivity contribution in [2.24, 2.45) is 5.73 Å². The van der Waals surface area contributed by atoms with Crippen molar-refractivity contribution >= 4 is 12.4 Å². The summed E-state index contributed by atoms with van der Waals surface area (Å²) in [6, 6.07) is -0.998. The summed E-state index contributed by atoms with van der Waals surface area (Å²) in [4.78, 5) is 1.63. The highest BCUT2D eigenvalue weighted by Crippen LogP contribution is 2.30. The van der Waals surface area contributed by atoms with Gasteiger partial charge in [0.2, 0.25) is 0 Å². The third kappa shape index (κ3) is 4.08. The van der Waals surface area contributed by atoms with Gasteiger partial charge in [-0.2, -0.15) is 13.2 Å². The Morgan fingerprint density at radius 2 is 2.06 bits per heavy atom. The highest BCUT2D eigenvalue weighted by Gasteiger charge is 2.46. The lowest BCUT2D eigenvalue weighted by Crippen LogP contribution is -2.49. The van der Waals surface area contributed by atoms with E-state index in [2.05, 4.69) is 0 Å². The van der Waals surface area contributed by atoms with E-state index in [9.17, 15) is 13.2 Å². The maximum atomic E-state index is 12.3. The molecule has 0 aromatic carbocycles.